The highest BCUT2D eigenvalue weighted by atomic mass is 32.1. The van der Waals surface area contributed by atoms with Gasteiger partial charge in [0.05, 0.1) is 6.54 Å². The number of thiazole rings is 1. The van der Waals surface area contributed by atoms with Crippen LogP contribution in [0.15, 0.2) is 35.8 Å². The number of aromatic nitrogens is 1. The predicted octanol–water partition coefficient (Wildman–Crippen LogP) is 3.57. The van der Waals surface area contributed by atoms with E-state index in [1.165, 1.54) is 11.1 Å². The van der Waals surface area contributed by atoms with Crippen molar-refractivity contribution in [3.05, 3.63) is 52.0 Å². The first-order valence-electron chi connectivity index (χ1n) is 11.3. The van der Waals surface area contributed by atoms with Crippen molar-refractivity contribution in [1.29, 1.82) is 0 Å². The van der Waals surface area contributed by atoms with E-state index in [4.69, 9.17) is 0 Å². The first kappa shape index (κ1) is 20.6. The number of imide groups is 1. The highest BCUT2D eigenvalue weighted by Gasteiger charge is 2.59. The number of piperidine rings is 1. The van der Waals surface area contributed by atoms with Crippen LogP contribution in [0.3, 0.4) is 0 Å². The van der Waals surface area contributed by atoms with E-state index in [0.29, 0.717) is 25.3 Å². The Bertz CT molecular complexity index is 941. The maximum absolute atomic E-state index is 13.9. The molecule has 31 heavy (non-hydrogen) atoms. The van der Waals surface area contributed by atoms with Crippen molar-refractivity contribution in [2.45, 2.75) is 57.7 Å². The first-order chi connectivity index (χ1) is 15.0. The molecule has 1 aliphatic carbocycles. The van der Waals surface area contributed by atoms with Crippen molar-refractivity contribution in [2.75, 3.05) is 19.6 Å². The monoisotopic (exact) mass is 438 g/mol. The van der Waals surface area contributed by atoms with Crippen LogP contribution in [0.1, 0.15) is 42.8 Å². The Balaban J connectivity index is 1.37. The second-order valence-electron chi connectivity index (χ2n) is 9.53. The summed E-state index contributed by atoms with van der Waals surface area (Å²) in [6.07, 6.45) is 4.79. The molecule has 2 saturated heterocycles. The SMILES string of the molecule is CC(C)CN1C(=O)N(C2Cc3ccccc3C2)C(=O)C12CCN(Cc1nccs1)CC2. The summed E-state index contributed by atoms with van der Waals surface area (Å²) in [5.41, 5.74) is 1.85. The molecule has 1 aromatic heterocycles. The minimum absolute atomic E-state index is 0.0323. The van der Waals surface area contributed by atoms with Crippen LogP contribution in [0.4, 0.5) is 4.79 Å². The fourth-order valence-corrected chi connectivity index (χ4v) is 6.14. The molecule has 0 saturated carbocycles. The number of amides is 3. The van der Waals surface area contributed by atoms with Crippen molar-refractivity contribution < 1.29 is 9.59 Å². The molecule has 2 aliphatic heterocycles. The van der Waals surface area contributed by atoms with Crippen molar-refractivity contribution in [1.82, 2.24) is 19.7 Å². The Kier molecular flexibility index (Phi) is 5.34. The fraction of sp³-hybridized carbons (Fsp3) is 0.542. The van der Waals surface area contributed by atoms with Gasteiger partial charge in [0.2, 0.25) is 0 Å². The lowest BCUT2D eigenvalue weighted by atomic mass is 9.85. The van der Waals surface area contributed by atoms with Crippen molar-refractivity contribution in [2.24, 2.45) is 5.92 Å². The van der Waals surface area contributed by atoms with Gasteiger partial charge in [-0.25, -0.2) is 9.78 Å². The minimum Gasteiger partial charge on any atom is -0.309 e. The molecule has 2 fully saturated rings. The van der Waals surface area contributed by atoms with Gasteiger partial charge in [-0.15, -0.1) is 11.3 Å². The summed E-state index contributed by atoms with van der Waals surface area (Å²) in [7, 11) is 0. The second-order valence-corrected chi connectivity index (χ2v) is 10.5. The van der Waals surface area contributed by atoms with Crippen LogP contribution in [0.5, 0.6) is 0 Å². The third kappa shape index (κ3) is 3.57. The largest absolute Gasteiger partial charge is 0.327 e. The predicted molar refractivity (Wildman–Crippen MR) is 121 cm³/mol. The number of likely N-dealkylation sites (tertiary alicyclic amines) is 1. The molecule has 164 valence electrons. The summed E-state index contributed by atoms with van der Waals surface area (Å²) in [6, 6.07) is 8.20. The highest BCUT2D eigenvalue weighted by Crippen LogP contribution is 2.41. The summed E-state index contributed by atoms with van der Waals surface area (Å²) < 4.78 is 0. The minimum atomic E-state index is -0.685. The van der Waals surface area contributed by atoms with Gasteiger partial charge in [0.15, 0.2) is 0 Å². The summed E-state index contributed by atoms with van der Waals surface area (Å²) in [4.78, 5) is 37.8. The molecule has 3 heterocycles. The molecule has 1 spiro atoms. The van der Waals surface area contributed by atoms with E-state index < -0.39 is 5.54 Å². The smallest absolute Gasteiger partial charge is 0.309 e. The number of rotatable bonds is 5. The van der Waals surface area contributed by atoms with E-state index in [0.717, 1.165) is 37.5 Å². The maximum Gasteiger partial charge on any atom is 0.327 e. The van der Waals surface area contributed by atoms with Gasteiger partial charge in [-0.05, 0) is 42.7 Å². The van der Waals surface area contributed by atoms with E-state index in [-0.39, 0.29) is 18.0 Å². The number of urea groups is 1. The van der Waals surface area contributed by atoms with Gasteiger partial charge < -0.3 is 4.90 Å². The Morgan fingerprint density at radius 3 is 2.39 bits per heavy atom. The molecule has 0 atom stereocenters. The van der Waals surface area contributed by atoms with E-state index in [1.54, 1.807) is 16.2 Å². The Labute approximate surface area is 187 Å². The number of hydrogen-bond donors (Lipinski definition) is 0. The van der Waals surface area contributed by atoms with Crippen LogP contribution in [-0.4, -0.2) is 62.8 Å². The van der Waals surface area contributed by atoms with E-state index >= 15 is 0 Å². The van der Waals surface area contributed by atoms with Crippen LogP contribution in [0.2, 0.25) is 0 Å². The van der Waals surface area contributed by atoms with Gasteiger partial charge in [-0.1, -0.05) is 38.1 Å². The Hall–Kier alpha value is -2.25. The van der Waals surface area contributed by atoms with Gasteiger partial charge in [0.25, 0.3) is 5.91 Å². The van der Waals surface area contributed by atoms with Gasteiger partial charge in [-0.2, -0.15) is 0 Å². The Morgan fingerprint density at radius 1 is 1.13 bits per heavy atom. The number of hydrogen-bond acceptors (Lipinski definition) is 5. The summed E-state index contributed by atoms with van der Waals surface area (Å²) >= 11 is 1.67. The molecule has 0 N–H and O–H groups in total. The number of carbonyl (C=O) groups excluding carboxylic acids is 2. The van der Waals surface area contributed by atoms with Gasteiger partial charge in [0, 0.05) is 37.3 Å². The van der Waals surface area contributed by atoms with E-state index in [2.05, 4.69) is 35.9 Å². The van der Waals surface area contributed by atoms with E-state index in [9.17, 15) is 9.59 Å². The molecule has 1 aromatic carbocycles. The van der Waals surface area contributed by atoms with Crippen LogP contribution in [0.25, 0.3) is 0 Å². The molecule has 0 radical (unpaired) electrons. The molecule has 3 aliphatic rings. The average molecular weight is 439 g/mol. The second kappa shape index (κ2) is 8.02. The average Bonchev–Trinajstić information content (AvgIpc) is 3.45. The molecular weight excluding hydrogens is 408 g/mol. The lowest BCUT2D eigenvalue weighted by Crippen LogP contribution is -2.57. The normalized spacial score (nSPS) is 21.6. The lowest BCUT2D eigenvalue weighted by molar-refractivity contribution is -0.137. The van der Waals surface area contributed by atoms with Gasteiger partial charge in [-0.3, -0.25) is 14.6 Å². The van der Waals surface area contributed by atoms with Crippen molar-refractivity contribution >= 4 is 23.3 Å². The highest BCUT2D eigenvalue weighted by molar-refractivity contribution is 7.09. The Morgan fingerprint density at radius 2 is 1.81 bits per heavy atom. The lowest BCUT2D eigenvalue weighted by Gasteiger charge is -2.42. The quantitative estimate of drug-likeness (QED) is 0.670. The molecule has 0 bridgehead atoms. The van der Waals surface area contributed by atoms with Gasteiger partial charge in [0.1, 0.15) is 10.5 Å². The molecule has 2 aromatic rings. The summed E-state index contributed by atoms with van der Waals surface area (Å²) in [5.74, 6) is 0.354. The summed E-state index contributed by atoms with van der Waals surface area (Å²) in [5, 5.41) is 3.11. The standard InChI is InChI=1S/C24H30N4O2S/c1-17(2)15-27-23(30)28(20-13-18-5-3-4-6-19(18)14-20)22(29)24(27)7-10-26(11-8-24)16-21-25-9-12-31-21/h3-6,9,12,17,20H,7-8,10-11,13-16H2,1-2H3. The molecule has 5 rings (SSSR count). The molecule has 0 unspecified atom stereocenters. The van der Waals surface area contributed by atoms with Gasteiger partial charge >= 0.3 is 6.03 Å². The fourth-order valence-electron chi connectivity index (χ4n) is 5.49. The zero-order valence-electron chi connectivity index (χ0n) is 18.3. The summed E-state index contributed by atoms with van der Waals surface area (Å²) in [6.45, 7) is 7.32. The van der Waals surface area contributed by atoms with Crippen LogP contribution < -0.4 is 0 Å². The number of benzene rings is 1. The zero-order valence-corrected chi connectivity index (χ0v) is 19.1. The molecule has 3 amide bonds. The number of nitrogens with zero attached hydrogens (tertiary/aromatic N) is 4. The van der Waals surface area contributed by atoms with Crippen LogP contribution in [-0.2, 0) is 24.2 Å². The molecular formula is C24H30N4O2S. The number of fused-ring (bicyclic) bond motifs is 1. The van der Waals surface area contributed by atoms with Crippen LogP contribution in [0, 0.1) is 5.92 Å². The van der Waals surface area contributed by atoms with Crippen molar-refractivity contribution in [3.8, 4) is 0 Å². The third-order valence-electron chi connectivity index (χ3n) is 7.04. The first-order valence-corrected chi connectivity index (χ1v) is 12.2. The van der Waals surface area contributed by atoms with E-state index in [1.807, 2.05) is 28.6 Å². The third-order valence-corrected chi connectivity index (χ3v) is 7.80. The van der Waals surface area contributed by atoms with Crippen molar-refractivity contribution in [3.63, 3.8) is 0 Å². The topological polar surface area (TPSA) is 56.8 Å². The maximum atomic E-state index is 13.9. The molecule has 6 nitrogen and oxygen atoms in total. The van der Waals surface area contributed by atoms with Crippen LogP contribution >= 0.6 is 11.3 Å². The number of carbonyl (C=O) groups is 2. The molecule has 7 heteroatoms. The zero-order chi connectivity index (χ0) is 21.6.